The van der Waals surface area contributed by atoms with Crippen molar-refractivity contribution in [2.45, 2.75) is 69.0 Å². The lowest BCUT2D eigenvalue weighted by molar-refractivity contribution is -0.146. The molecule has 0 aromatic heterocycles. The van der Waals surface area contributed by atoms with Gasteiger partial charge in [0, 0.05) is 16.8 Å². The highest BCUT2D eigenvalue weighted by atomic mass is 79.9. The zero-order valence-electron chi connectivity index (χ0n) is 13.0. The van der Waals surface area contributed by atoms with Gasteiger partial charge in [-0.3, -0.25) is 4.79 Å². The van der Waals surface area contributed by atoms with Crippen molar-refractivity contribution < 1.29 is 4.79 Å². The maximum Gasteiger partial charge on any atom is 0.226 e. The molecule has 5 saturated carbocycles. The molecule has 0 heterocycles. The molecule has 2 unspecified atom stereocenters. The topological polar surface area (TPSA) is 29.1 Å². The number of amides is 1. The van der Waals surface area contributed by atoms with Crippen LogP contribution in [0.15, 0.2) is 0 Å². The van der Waals surface area contributed by atoms with Gasteiger partial charge in [0.15, 0.2) is 0 Å². The molecule has 5 rings (SSSR count). The number of halogens is 1. The molecule has 0 radical (unpaired) electrons. The van der Waals surface area contributed by atoms with Gasteiger partial charge in [-0.25, -0.2) is 0 Å². The molecule has 0 saturated heterocycles. The number of hydrogen-bond donors (Lipinski definition) is 1. The van der Waals surface area contributed by atoms with Crippen molar-refractivity contribution in [1.82, 2.24) is 5.32 Å². The van der Waals surface area contributed by atoms with E-state index in [2.05, 4.69) is 21.2 Å². The molecule has 4 bridgehead atoms. The van der Waals surface area contributed by atoms with Crippen molar-refractivity contribution in [3.8, 4) is 0 Å². The minimum atomic E-state index is 0.0389. The standard InChI is InChI=1S/C18H28BrNO/c19-16-3-1-2-12(7-16)11-20-17(21)18-8-13-4-14(9-18)6-15(5-13)10-18/h12-16H,1-11H2,(H,20,21). The van der Waals surface area contributed by atoms with Gasteiger partial charge < -0.3 is 5.32 Å². The summed E-state index contributed by atoms with van der Waals surface area (Å²) in [6.45, 7) is 0.919. The maximum atomic E-state index is 12.9. The van der Waals surface area contributed by atoms with Gasteiger partial charge in [0.25, 0.3) is 0 Å². The van der Waals surface area contributed by atoms with Crippen molar-refractivity contribution >= 4 is 21.8 Å². The van der Waals surface area contributed by atoms with Crippen LogP contribution in [0.1, 0.15) is 64.2 Å². The van der Waals surface area contributed by atoms with E-state index in [0.717, 1.165) is 24.3 Å². The third-order valence-corrected chi connectivity index (χ3v) is 7.62. The van der Waals surface area contributed by atoms with Gasteiger partial charge in [0.05, 0.1) is 0 Å². The first-order chi connectivity index (χ1) is 10.1. The molecule has 0 aliphatic heterocycles. The lowest BCUT2D eigenvalue weighted by atomic mass is 9.49. The van der Waals surface area contributed by atoms with Crippen LogP contribution in [-0.4, -0.2) is 17.3 Å². The van der Waals surface area contributed by atoms with E-state index >= 15 is 0 Å². The minimum Gasteiger partial charge on any atom is -0.355 e. The predicted octanol–water partition coefficient (Wildman–Crippen LogP) is 4.27. The van der Waals surface area contributed by atoms with Crippen LogP contribution in [0.2, 0.25) is 0 Å². The summed E-state index contributed by atoms with van der Waals surface area (Å²) in [5, 5.41) is 3.37. The smallest absolute Gasteiger partial charge is 0.226 e. The Morgan fingerprint density at radius 1 is 1.00 bits per heavy atom. The third-order valence-electron chi connectivity index (χ3n) is 6.79. The number of carbonyl (C=O) groups is 1. The Kier molecular flexibility index (Phi) is 3.84. The van der Waals surface area contributed by atoms with E-state index in [-0.39, 0.29) is 5.41 Å². The first kappa shape index (κ1) is 14.5. The molecule has 5 aliphatic carbocycles. The van der Waals surface area contributed by atoms with E-state index < -0.39 is 0 Å². The summed E-state index contributed by atoms with van der Waals surface area (Å²) < 4.78 is 0. The van der Waals surface area contributed by atoms with Gasteiger partial charge in [-0.1, -0.05) is 22.4 Å². The zero-order chi connectivity index (χ0) is 14.4. The van der Waals surface area contributed by atoms with Crippen LogP contribution < -0.4 is 5.32 Å². The monoisotopic (exact) mass is 353 g/mol. The summed E-state index contributed by atoms with van der Waals surface area (Å²) in [6, 6.07) is 0. The van der Waals surface area contributed by atoms with Crippen LogP contribution in [0.4, 0.5) is 0 Å². The highest BCUT2D eigenvalue weighted by Gasteiger charge is 2.54. The van der Waals surface area contributed by atoms with Gasteiger partial charge in [-0.2, -0.15) is 0 Å². The molecular weight excluding hydrogens is 326 g/mol. The van der Waals surface area contributed by atoms with Crippen molar-refractivity contribution in [3.05, 3.63) is 0 Å². The Morgan fingerprint density at radius 2 is 1.62 bits per heavy atom. The van der Waals surface area contributed by atoms with Gasteiger partial charge in [-0.05, 0) is 81.5 Å². The summed E-state index contributed by atoms with van der Waals surface area (Å²) in [7, 11) is 0. The van der Waals surface area contributed by atoms with Crippen molar-refractivity contribution in [1.29, 1.82) is 0 Å². The Labute approximate surface area is 136 Å². The first-order valence-corrected chi connectivity index (χ1v) is 9.97. The number of alkyl halides is 1. The van der Waals surface area contributed by atoms with Crippen LogP contribution in [0.5, 0.6) is 0 Å². The van der Waals surface area contributed by atoms with Gasteiger partial charge in [0.1, 0.15) is 0 Å². The van der Waals surface area contributed by atoms with E-state index in [9.17, 15) is 4.79 Å². The highest BCUT2D eigenvalue weighted by Crippen LogP contribution is 2.60. The lowest BCUT2D eigenvalue weighted by Gasteiger charge is -2.55. The molecule has 5 aliphatic rings. The van der Waals surface area contributed by atoms with Gasteiger partial charge >= 0.3 is 0 Å². The number of carbonyl (C=O) groups excluding carboxylic acids is 1. The molecule has 21 heavy (non-hydrogen) atoms. The van der Waals surface area contributed by atoms with Crippen LogP contribution in [0, 0.1) is 29.1 Å². The number of hydrogen-bond acceptors (Lipinski definition) is 1. The lowest BCUT2D eigenvalue weighted by Crippen LogP contribution is -2.54. The molecular formula is C18H28BrNO. The van der Waals surface area contributed by atoms with E-state index in [1.807, 2.05) is 0 Å². The number of nitrogens with one attached hydrogen (secondary N) is 1. The van der Waals surface area contributed by atoms with Crippen molar-refractivity contribution in [2.24, 2.45) is 29.1 Å². The molecule has 3 heteroatoms. The maximum absolute atomic E-state index is 12.9. The highest BCUT2D eigenvalue weighted by molar-refractivity contribution is 9.09. The Hall–Kier alpha value is -0.0500. The average molecular weight is 354 g/mol. The summed E-state index contributed by atoms with van der Waals surface area (Å²) in [4.78, 5) is 13.6. The molecule has 0 spiro atoms. The quantitative estimate of drug-likeness (QED) is 0.754. The fraction of sp³-hybridized carbons (Fsp3) is 0.944. The minimum absolute atomic E-state index is 0.0389. The van der Waals surface area contributed by atoms with Crippen LogP contribution in [-0.2, 0) is 4.79 Å². The number of rotatable bonds is 3. The summed E-state index contributed by atoms with van der Waals surface area (Å²) in [5.41, 5.74) is 0.0389. The average Bonchev–Trinajstić information content (AvgIpc) is 2.43. The van der Waals surface area contributed by atoms with Gasteiger partial charge in [-0.15, -0.1) is 0 Å². The van der Waals surface area contributed by atoms with Crippen molar-refractivity contribution in [3.63, 3.8) is 0 Å². The zero-order valence-corrected chi connectivity index (χ0v) is 14.5. The molecule has 118 valence electrons. The second-order valence-electron chi connectivity index (χ2n) is 8.54. The summed E-state index contributed by atoms with van der Waals surface area (Å²) in [6.07, 6.45) is 13.0. The Morgan fingerprint density at radius 3 is 2.19 bits per heavy atom. The van der Waals surface area contributed by atoms with Gasteiger partial charge in [0.2, 0.25) is 5.91 Å². The second kappa shape index (κ2) is 5.54. The van der Waals surface area contributed by atoms with E-state index in [1.165, 1.54) is 64.2 Å². The van der Waals surface area contributed by atoms with Crippen LogP contribution in [0.25, 0.3) is 0 Å². The SMILES string of the molecule is O=C(NCC1CCCC(Br)C1)C12CC3CC(CC(C3)C1)C2. The van der Waals surface area contributed by atoms with E-state index in [4.69, 9.17) is 0 Å². The molecule has 0 aromatic carbocycles. The molecule has 1 amide bonds. The summed E-state index contributed by atoms with van der Waals surface area (Å²) >= 11 is 3.75. The molecule has 2 nitrogen and oxygen atoms in total. The fourth-order valence-corrected chi connectivity index (χ4v) is 7.08. The fourth-order valence-electron chi connectivity index (χ4n) is 6.22. The first-order valence-electron chi connectivity index (χ1n) is 9.05. The largest absolute Gasteiger partial charge is 0.355 e. The molecule has 5 fully saturated rings. The predicted molar refractivity (Wildman–Crippen MR) is 88.3 cm³/mol. The molecule has 1 N–H and O–H groups in total. The normalized spacial score (nSPS) is 48.3. The van der Waals surface area contributed by atoms with E-state index in [1.54, 1.807) is 0 Å². The van der Waals surface area contributed by atoms with Crippen molar-refractivity contribution in [2.75, 3.05) is 6.54 Å². The molecule has 2 atom stereocenters. The van der Waals surface area contributed by atoms with Crippen LogP contribution >= 0.6 is 15.9 Å². The Bertz CT molecular complexity index is 386. The second-order valence-corrected chi connectivity index (χ2v) is 9.83. The Balaban J connectivity index is 1.36. The summed E-state index contributed by atoms with van der Waals surface area (Å²) in [5.74, 6) is 3.70. The third kappa shape index (κ3) is 2.80. The van der Waals surface area contributed by atoms with Crippen LogP contribution in [0.3, 0.4) is 0 Å². The van der Waals surface area contributed by atoms with E-state index in [0.29, 0.717) is 16.7 Å². The molecule has 0 aromatic rings.